The van der Waals surface area contributed by atoms with E-state index >= 15 is 0 Å². The van der Waals surface area contributed by atoms with Crippen LogP contribution in [-0.4, -0.2) is 10.2 Å². The highest BCUT2D eigenvalue weighted by Crippen LogP contribution is 2.37. The van der Waals surface area contributed by atoms with Crippen molar-refractivity contribution in [3.05, 3.63) is 46.9 Å². The van der Waals surface area contributed by atoms with Crippen molar-refractivity contribution < 1.29 is 14.9 Å². The van der Waals surface area contributed by atoms with E-state index in [1.165, 1.54) is 6.07 Å². The molecule has 0 aliphatic heterocycles. The van der Waals surface area contributed by atoms with Gasteiger partial charge in [-0.05, 0) is 36.4 Å². The van der Waals surface area contributed by atoms with E-state index in [1.54, 1.807) is 24.3 Å². The Morgan fingerprint density at radius 2 is 1.62 bits per heavy atom. The molecule has 0 unspecified atom stereocenters. The van der Waals surface area contributed by atoms with Gasteiger partial charge in [0, 0.05) is 4.47 Å². The van der Waals surface area contributed by atoms with Gasteiger partial charge < -0.3 is 14.9 Å². The second kappa shape index (κ2) is 4.45. The van der Waals surface area contributed by atoms with Crippen molar-refractivity contribution in [3.8, 4) is 23.0 Å². The van der Waals surface area contributed by atoms with Gasteiger partial charge >= 0.3 is 0 Å². The molecule has 0 fully saturated rings. The van der Waals surface area contributed by atoms with E-state index in [-0.39, 0.29) is 17.2 Å². The van der Waals surface area contributed by atoms with E-state index in [0.717, 1.165) is 4.47 Å². The number of aromatic hydroxyl groups is 2. The summed E-state index contributed by atoms with van der Waals surface area (Å²) in [7, 11) is 0. The van der Waals surface area contributed by atoms with Crippen LogP contribution in [0.15, 0.2) is 46.9 Å². The van der Waals surface area contributed by atoms with Gasteiger partial charge in [-0.15, -0.1) is 0 Å². The Labute approximate surface area is 101 Å². The first-order valence-corrected chi connectivity index (χ1v) is 5.40. The standard InChI is InChI=1S/C12H9BrO3/c13-8-4-6-9(7-5-8)16-11-3-1-2-10(14)12(11)15/h1-7,14-15H. The van der Waals surface area contributed by atoms with Gasteiger partial charge in [-0.1, -0.05) is 22.0 Å². The van der Waals surface area contributed by atoms with Crippen molar-refractivity contribution >= 4 is 15.9 Å². The van der Waals surface area contributed by atoms with Crippen LogP contribution >= 0.6 is 15.9 Å². The van der Waals surface area contributed by atoms with Crippen LogP contribution in [-0.2, 0) is 0 Å². The summed E-state index contributed by atoms with van der Waals surface area (Å²) in [5, 5.41) is 18.8. The van der Waals surface area contributed by atoms with Crippen LogP contribution in [0.25, 0.3) is 0 Å². The first-order chi connectivity index (χ1) is 7.66. The van der Waals surface area contributed by atoms with Crippen molar-refractivity contribution in [2.75, 3.05) is 0 Å². The molecule has 2 rings (SSSR count). The molecule has 2 aromatic carbocycles. The normalized spacial score (nSPS) is 10.1. The molecular weight excluding hydrogens is 272 g/mol. The first kappa shape index (κ1) is 10.8. The Morgan fingerprint density at radius 3 is 2.31 bits per heavy atom. The third-order valence-electron chi connectivity index (χ3n) is 2.02. The van der Waals surface area contributed by atoms with Crippen LogP contribution in [0.4, 0.5) is 0 Å². The predicted octanol–water partition coefficient (Wildman–Crippen LogP) is 3.65. The zero-order chi connectivity index (χ0) is 11.5. The number of hydrogen-bond donors (Lipinski definition) is 2. The molecule has 2 N–H and O–H groups in total. The lowest BCUT2D eigenvalue weighted by Gasteiger charge is -2.08. The minimum Gasteiger partial charge on any atom is -0.504 e. The van der Waals surface area contributed by atoms with Crippen LogP contribution in [0.3, 0.4) is 0 Å². The smallest absolute Gasteiger partial charge is 0.201 e. The van der Waals surface area contributed by atoms with Crippen molar-refractivity contribution in [1.29, 1.82) is 0 Å². The predicted molar refractivity (Wildman–Crippen MR) is 64.0 cm³/mol. The maximum Gasteiger partial charge on any atom is 0.201 e. The topological polar surface area (TPSA) is 49.7 Å². The molecule has 0 saturated carbocycles. The highest BCUT2D eigenvalue weighted by Gasteiger charge is 2.07. The largest absolute Gasteiger partial charge is 0.504 e. The molecular formula is C12H9BrO3. The molecule has 0 spiro atoms. The van der Waals surface area contributed by atoms with E-state index in [4.69, 9.17) is 4.74 Å². The fraction of sp³-hybridized carbons (Fsp3) is 0. The molecule has 0 bridgehead atoms. The highest BCUT2D eigenvalue weighted by molar-refractivity contribution is 9.10. The van der Waals surface area contributed by atoms with Crippen LogP contribution in [0.5, 0.6) is 23.0 Å². The Morgan fingerprint density at radius 1 is 0.938 bits per heavy atom. The van der Waals surface area contributed by atoms with Gasteiger partial charge in [-0.2, -0.15) is 0 Å². The summed E-state index contributed by atoms with van der Waals surface area (Å²) in [4.78, 5) is 0. The third-order valence-corrected chi connectivity index (χ3v) is 2.55. The van der Waals surface area contributed by atoms with E-state index in [2.05, 4.69) is 15.9 Å². The van der Waals surface area contributed by atoms with Crippen LogP contribution in [0, 0.1) is 0 Å². The number of para-hydroxylation sites is 1. The SMILES string of the molecule is Oc1cccc(Oc2ccc(Br)cc2)c1O. The van der Waals surface area contributed by atoms with Crippen molar-refractivity contribution in [3.63, 3.8) is 0 Å². The lowest BCUT2D eigenvalue weighted by atomic mass is 10.3. The van der Waals surface area contributed by atoms with Gasteiger partial charge in [-0.3, -0.25) is 0 Å². The summed E-state index contributed by atoms with van der Waals surface area (Å²) >= 11 is 3.31. The minimum absolute atomic E-state index is 0.199. The Hall–Kier alpha value is -1.68. The molecule has 0 radical (unpaired) electrons. The van der Waals surface area contributed by atoms with E-state index in [0.29, 0.717) is 5.75 Å². The molecule has 0 aliphatic rings. The zero-order valence-corrected chi connectivity index (χ0v) is 9.81. The van der Waals surface area contributed by atoms with E-state index in [9.17, 15) is 10.2 Å². The number of phenols is 2. The number of hydrogen-bond acceptors (Lipinski definition) is 3. The lowest BCUT2D eigenvalue weighted by molar-refractivity contribution is 0.373. The lowest BCUT2D eigenvalue weighted by Crippen LogP contribution is -1.84. The maximum atomic E-state index is 9.53. The maximum absolute atomic E-state index is 9.53. The van der Waals surface area contributed by atoms with Gasteiger partial charge in [-0.25, -0.2) is 0 Å². The van der Waals surface area contributed by atoms with Crippen LogP contribution < -0.4 is 4.74 Å². The molecule has 82 valence electrons. The zero-order valence-electron chi connectivity index (χ0n) is 8.22. The molecule has 0 heterocycles. The minimum atomic E-state index is -0.259. The second-order valence-electron chi connectivity index (χ2n) is 3.18. The summed E-state index contributed by atoms with van der Waals surface area (Å²) in [6.07, 6.45) is 0. The number of phenolic OH excluding ortho intramolecular Hbond substituents is 2. The van der Waals surface area contributed by atoms with Crippen molar-refractivity contribution in [1.82, 2.24) is 0 Å². The Bertz CT molecular complexity index is 494. The highest BCUT2D eigenvalue weighted by atomic mass is 79.9. The molecule has 0 amide bonds. The molecule has 0 saturated heterocycles. The molecule has 4 heteroatoms. The quantitative estimate of drug-likeness (QED) is 0.826. The van der Waals surface area contributed by atoms with E-state index < -0.39 is 0 Å². The van der Waals surface area contributed by atoms with Gasteiger partial charge in [0.15, 0.2) is 11.5 Å². The molecule has 2 aromatic rings. The van der Waals surface area contributed by atoms with Gasteiger partial charge in [0.05, 0.1) is 0 Å². The summed E-state index contributed by atoms with van der Waals surface area (Å²) < 4.78 is 6.36. The van der Waals surface area contributed by atoms with Crippen LogP contribution in [0.1, 0.15) is 0 Å². The van der Waals surface area contributed by atoms with E-state index in [1.807, 2.05) is 12.1 Å². The van der Waals surface area contributed by atoms with Crippen molar-refractivity contribution in [2.24, 2.45) is 0 Å². The fourth-order valence-corrected chi connectivity index (χ4v) is 1.49. The molecule has 0 aromatic heterocycles. The Balaban J connectivity index is 2.27. The molecule has 3 nitrogen and oxygen atoms in total. The number of rotatable bonds is 2. The van der Waals surface area contributed by atoms with Crippen molar-refractivity contribution in [2.45, 2.75) is 0 Å². The number of halogens is 1. The number of ether oxygens (including phenoxy) is 1. The average Bonchev–Trinajstić information content (AvgIpc) is 2.28. The van der Waals surface area contributed by atoms with Crippen LogP contribution in [0.2, 0.25) is 0 Å². The Kier molecular flexibility index (Phi) is 3.01. The second-order valence-corrected chi connectivity index (χ2v) is 4.10. The fourth-order valence-electron chi connectivity index (χ4n) is 1.22. The first-order valence-electron chi connectivity index (χ1n) is 4.61. The molecule has 0 atom stereocenters. The summed E-state index contributed by atoms with van der Waals surface area (Å²) in [5.41, 5.74) is 0. The summed E-state index contributed by atoms with van der Waals surface area (Å²) in [6, 6.07) is 11.7. The average molecular weight is 281 g/mol. The van der Waals surface area contributed by atoms with Gasteiger partial charge in [0.25, 0.3) is 0 Å². The third kappa shape index (κ3) is 2.28. The van der Waals surface area contributed by atoms with Gasteiger partial charge in [0.2, 0.25) is 5.75 Å². The summed E-state index contributed by atoms with van der Waals surface area (Å²) in [6.45, 7) is 0. The number of benzene rings is 2. The molecule has 16 heavy (non-hydrogen) atoms. The van der Waals surface area contributed by atoms with Gasteiger partial charge in [0.1, 0.15) is 5.75 Å². The summed E-state index contributed by atoms with van der Waals surface area (Å²) in [5.74, 6) is 0.353. The monoisotopic (exact) mass is 280 g/mol. The molecule has 0 aliphatic carbocycles.